The van der Waals surface area contributed by atoms with Crippen molar-refractivity contribution < 1.29 is 9.90 Å². The van der Waals surface area contributed by atoms with Gasteiger partial charge in [-0.2, -0.15) is 0 Å². The molecule has 4 unspecified atom stereocenters. The van der Waals surface area contributed by atoms with Crippen LogP contribution >= 0.6 is 0 Å². The van der Waals surface area contributed by atoms with Gasteiger partial charge in [0.1, 0.15) is 6.10 Å². The Morgan fingerprint density at radius 3 is 2.91 bits per heavy atom. The number of allylic oxidation sites excluding steroid dienone is 2. The molecule has 1 fully saturated rings. The van der Waals surface area contributed by atoms with Crippen molar-refractivity contribution in [2.24, 2.45) is 23.5 Å². The van der Waals surface area contributed by atoms with Gasteiger partial charge in [0.15, 0.2) is 0 Å². The van der Waals surface area contributed by atoms with E-state index < -0.39 is 12.0 Å². The molecule has 2 aliphatic rings. The molecule has 0 aromatic rings. The third-order valence-electron chi connectivity index (χ3n) is 2.71. The second-order valence-corrected chi connectivity index (χ2v) is 3.33. The minimum atomic E-state index is -0.921. The fraction of sp³-hybridized carbons (Fsp3) is 0.625. The van der Waals surface area contributed by atoms with Crippen molar-refractivity contribution in [3.05, 3.63) is 12.2 Å². The van der Waals surface area contributed by atoms with Gasteiger partial charge in [0.2, 0.25) is 5.91 Å². The van der Waals surface area contributed by atoms with Crippen molar-refractivity contribution in [3.63, 3.8) is 0 Å². The van der Waals surface area contributed by atoms with Crippen LogP contribution < -0.4 is 5.73 Å². The van der Waals surface area contributed by atoms with E-state index in [4.69, 9.17) is 5.73 Å². The van der Waals surface area contributed by atoms with Gasteiger partial charge in [-0.25, -0.2) is 0 Å². The summed E-state index contributed by atoms with van der Waals surface area (Å²) in [5.74, 6) is 0.463. The Hall–Kier alpha value is -0.830. The van der Waals surface area contributed by atoms with Crippen molar-refractivity contribution >= 4 is 5.91 Å². The molecule has 11 heavy (non-hydrogen) atoms. The van der Waals surface area contributed by atoms with Crippen LogP contribution in [-0.2, 0) is 4.79 Å². The fourth-order valence-corrected chi connectivity index (χ4v) is 2.04. The maximum atomic E-state index is 10.6. The summed E-state index contributed by atoms with van der Waals surface area (Å²) >= 11 is 0. The molecule has 60 valence electrons. The summed E-state index contributed by atoms with van der Waals surface area (Å²) in [7, 11) is 0. The van der Waals surface area contributed by atoms with Gasteiger partial charge in [0, 0.05) is 5.92 Å². The molecule has 3 nitrogen and oxygen atoms in total. The van der Waals surface area contributed by atoms with E-state index in [1.54, 1.807) is 0 Å². The Kier molecular flexibility index (Phi) is 1.29. The standard InChI is InChI=1S/C8H11NO2/c9-8(11)7(10)6-4-2-1-3-5(4)6/h1-2,4-7,10H,3H2,(H2,9,11). The Bertz CT molecular complexity index is 224. The van der Waals surface area contributed by atoms with E-state index in [0.29, 0.717) is 11.8 Å². The number of primary amides is 1. The average molecular weight is 153 g/mol. The van der Waals surface area contributed by atoms with Gasteiger partial charge >= 0.3 is 0 Å². The molecule has 0 radical (unpaired) electrons. The zero-order valence-corrected chi connectivity index (χ0v) is 6.10. The predicted molar refractivity (Wildman–Crippen MR) is 39.4 cm³/mol. The minimum absolute atomic E-state index is 0.123. The van der Waals surface area contributed by atoms with Gasteiger partial charge in [0.05, 0.1) is 0 Å². The number of aliphatic hydroxyl groups excluding tert-OH is 1. The highest BCUT2D eigenvalue weighted by atomic mass is 16.3. The van der Waals surface area contributed by atoms with Crippen LogP contribution in [0.5, 0.6) is 0 Å². The van der Waals surface area contributed by atoms with E-state index in [1.165, 1.54) is 0 Å². The molecule has 0 saturated heterocycles. The summed E-state index contributed by atoms with van der Waals surface area (Å²) in [6.07, 6.45) is 4.25. The van der Waals surface area contributed by atoms with Crippen LogP contribution in [0, 0.1) is 17.8 Å². The lowest BCUT2D eigenvalue weighted by atomic mass is 10.1. The van der Waals surface area contributed by atoms with Crippen molar-refractivity contribution in [1.82, 2.24) is 0 Å². The largest absolute Gasteiger partial charge is 0.383 e. The first-order valence-corrected chi connectivity index (χ1v) is 3.86. The number of carbonyl (C=O) groups excluding carboxylic acids is 1. The summed E-state index contributed by atoms with van der Waals surface area (Å²) in [6, 6.07) is 0. The van der Waals surface area contributed by atoms with Crippen molar-refractivity contribution in [1.29, 1.82) is 0 Å². The molecule has 0 spiro atoms. The van der Waals surface area contributed by atoms with Gasteiger partial charge in [0.25, 0.3) is 0 Å². The highest BCUT2D eigenvalue weighted by Gasteiger charge is 2.55. The molecule has 2 rings (SSSR count). The zero-order chi connectivity index (χ0) is 8.01. The molecule has 3 N–H and O–H groups in total. The molecule has 3 heteroatoms. The highest BCUT2D eigenvalue weighted by Crippen LogP contribution is 2.55. The van der Waals surface area contributed by atoms with E-state index in [2.05, 4.69) is 12.2 Å². The number of fused-ring (bicyclic) bond motifs is 1. The van der Waals surface area contributed by atoms with E-state index in [1.807, 2.05) is 0 Å². The Morgan fingerprint density at radius 2 is 2.45 bits per heavy atom. The third-order valence-corrected chi connectivity index (χ3v) is 2.71. The molecular formula is C8H11NO2. The molecule has 0 aromatic heterocycles. The predicted octanol–water partition coefficient (Wildman–Crippen LogP) is -0.345. The summed E-state index contributed by atoms with van der Waals surface area (Å²) in [5.41, 5.74) is 4.97. The SMILES string of the molecule is NC(=O)C(O)C1C2C=CCC21. The maximum Gasteiger partial charge on any atom is 0.246 e. The van der Waals surface area contributed by atoms with Gasteiger partial charge in [-0.1, -0.05) is 12.2 Å². The lowest BCUT2D eigenvalue weighted by Gasteiger charge is -2.04. The number of hydrogen-bond acceptors (Lipinski definition) is 2. The zero-order valence-electron chi connectivity index (χ0n) is 6.10. The van der Waals surface area contributed by atoms with Crippen LogP contribution in [0.3, 0.4) is 0 Å². The van der Waals surface area contributed by atoms with Crippen LogP contribution in [0.4, 0.5) is 0 Å². The van der Waals surface area contributed by atoms with Crippen LogP contribution in [0.1, 0.15) is 6.42 Å². The quantitative estimate of drug-likeness (QED) is 0.533. The number of rotatable bonds is 2. The van der Waals surface area contributed by atoms with Crippen LogP contribution in [0.2, 0.25) is 0 Å². The van der Waals surface area contributed by atoms with Gasteiger partial charge in [-0.3, -0.25) is 4.79 Å². The fourth-order valence-electron chi connectivity index (χ4n) is 2.04. The Morgan fingerprint density at radius 1 is 1.73 bits per heavy atom. The Balaban J connectivity index is 2.00. The van der Waals surface area contributed by atoms with Gasteiger partial charge in [-0.05, 0) is 18.3 Å². The molecule has 0 aromatic carbocycles. The summed E-state index contributed by atoms with van der Waals surface area (Å²) in [4.78, 5) is 10.6. The van der Waals surface area contributed by atoms with E-state index in [-0.39, 0.29) is 5.92 Å². The molecule has 0 bridgehead atoms. The number of aliphatic hydroxyl groups is 1. The summed E-state index contributed by atoms with van der Waals surface area (Å²) in [5, 5.41) is 9.26. The van der Waals surface area contributed by atoms with Crippen LogP contribution in [-0.4, -0.2) is 17.1 Å². The number of nitrogens with two attached hydrogens (primary N) is 1. The second-order valence-electron chi connectivity index (χ2n) is 3.33. The van der Waals surface area contributed by atoms with Crippen molar-refractivity contribution in [3.8, 4) is 0 Å². The first-order valence-electron chi connectivity index (χ1n) is 3.86. The molecule has 2 aliphatic carbocycles. The first kappa shape index (κ1) is 6.85. The average Bonchev–Trinajstić information content (AvgIpc) is 2.41. The van der Waals surface area contributed by atoms with Crippen molar-refractivity contribution in [2.45, 2.75) is 12.5 Å². The number of hydrogen-bond donors (Lipinski definition) is 2. The lowest BCUT2D eigenvalue weighted by molar-refractivity contribution is -0.127. The number of carbonyl (C=O) groups is 1. The monoisotopic (exact) mass is 153 g/mol. The maximum absolute atomic E-state index is 10.6. The molecule has 1 saturated carbocycles. The van der Waals surface area contributed by atoms with E-state index >= 15 is 0 Å². The van der Waals surface area contributed by atoms with Crippen LogP contribution in [0.25, 0.3) is 0 Å². The number of amides is 1. The topological polar surface area (TPSA) is 63.3 Å². The van der Waals surface area contributed by atoms with Gasteiger partial charge in [-0.15, -0.1) is 0 Å². The molecular weight excluding hydrogens is 142 g/mol. The van der Waals surface area contributed by atoms with Crippen molar-refractivity contribution in [2.75, 3.05) is 0 Å². The van der Waals surface area contributed by atoms with Gasteiger partial charge < -0.3 is 10.8 Å². The summed E-state index contributed by atoms with van der Waals surface area (Å²) < 4.78 is 0. The Labute approximate surface area is 64.9 Å². The molecule has 1 amide bonds. The smallest absolute Gasteiger partial charge is 0.246 e. The molecule has 4 atom stereocenters. The third kappa shape index (κ3) is 0.878. The highest BCUT2D eigenvalue weighted by molar-refractivity contribution is 5.79. The normalized spacial score (nSPS) is 41.7. The second kappa shape index (κ2) is 2.08. The molecule has 0 aliphatic heterocycles. The van der Waals surface area contributed by atoms with E-state index in [9.17, 15) is 9.90 Å². The van der Waals surface area contributed by atoms with E-state index in [0.717, 1.165) is 6.42 Å². The van der Waals surface area contributed by atoms with Crippen LogP contribution in [0.15, 0.2) is 12.2 Å². The molecule has 0 heterocycles. The minimum Gasteiger partial charge on any atom is -0.383 e. The first-order chi connectivity index (χ1) is 5.22. The lowest BCUT2D eigenvalue weighted by Crippen LogP contribution is -2.31. The summed E-state index contributed by atoms with van der Waals surface area (Å²) in [6.45, 7) is 0.